The smallest absolute Gasteiger partial charge is 0.317 e. The van der Waals surface area contributed by atoms with Gasteiger partial charge in [0.1, 0.15) is 5.60 Å². The maximum atomic E-state index is 12.6. The Hall–Kier alpha value is -1.74. The molecule has 2 aliphatic heterocycles. The van der Waals surface area contributed by atoms with Crippen molar-refractivity contribution in [1.82, 2.24) is 30.4 Å². The molecular weight excluding hydrogens is 312 g/mol. The van der Waals surface area contributed by atoms with Gasteiger partial charge in [-0.1, -0.05) is 0 Å². The van der Waals surface area contributed by atoms with Crippen molar-refractivity contribution in [1.29, 1.82) is 0 Å². The minimum absolute atomic E-state index is 0.00212. The number of amides is 2. The first-order valence-electron chi connectivity index (χ1n) is 8.66. The molecule has 3 fully saturated rings. The second kappa shape index (κ2) is 5.96. The Bertz CT molecular complexity index is 618. The highest BCUT2D eigenvalue weighted by molar-refractivity contribution is 5.74. The van der Waals surface area contributed by atoms with Gasteiger partial charge in [-0.15, -0.1) is 5.10 Å². The van der Waals surface area contributed by atoms with Gasteiger partial charge in [-0.05, 0) is 37.1 Å². The van der Waals surface area contributed by atoms with Crippen LogP contribution >= 0.6 is 0 Å². The fourth-order valence-electron chi connectivity index (χ4n) is 3.65. The summed E-state index contributed by atoms with van der Waals surface area (Å²) in [5.41, 5.74) is -0.384. The third kappa shape index (κ3) is 2.86. The molecule has 1 aliphatic carbocycles. The summed E-state index contributed by atoms with van der Waals surface area (Å²) >= 11 is 0. The van der Waals surface area contributed by atoms with Crippen LogP contribution < -0.4 is 5.32 Å². The summed E-state index contributed by atoms with van der Waals surface area (Å²) in [6.07, 6.45) is 3.02. The van der Waals surface area contributed by atoms with E-state index in [9.17, 15) is 4.79 Å². The van der Waals surface area contributed by atoms with Gasteiger partial charge in [-0.3, -0.25) is 0 Å². The number of nitrogens with one attached hydrogen (secondary N) is 1. The Labute approximate surface area is 140 Å². The summed E-state index contributed by atoms with van der Waals surface area (Å²) < 4.78 is 13.6. The van der Waals surface area contributed by atoms with Crippen LogP contribution in [0.2, 0.25) is 0 Å². The molecule has 132 valence electrons. The molecule has 1 aromatic rings. The van der Waals surface area contributed by atoms with Crippen molar-refractivity contribution < 1.29 is 14.3 Å². The Morgan fingerprint density at radius 2 is 2.25 bits per heavy atom. The number of aromatic nitrogens is 4. The van der Waals surface area contributed by atoms with E-state index in [2.05, 4.69) is 20.8 Å². The average molecular weight is 336 g/mol. The summed E-state index contributed by atoms with van der Waals surface area (Å²) in [5.74, 6) is 0.708. The van der Waals surface area contributed by atoms with Crippen molar-refractivity contribution in [3.63, 3.8) is 0 Å². The third-order valence-corrected chi connectivity index (χ3v) is 5.14. The molecule has 3 unspecified atom stereocenters. The number of morpholine rings is 1. The summed E-state index contributed by atoms with van der Waals surface area (Å²) in [5, 5.41) is 14.7. The number of carbonyl (C=O) groups is 1. The molecule has 2 saturated heterocycles. The summed E-state index contributed by atoms with van der Waals surface area (Å²) in [4.78, 5) is 14.4. The van der Waals surface area contributed by atoms with E-state index >= 15 is 0 Å². The largest absolute Gasteiger partial charge is 0.375 e. The van der Waals surface area contributed by atoms with E-state index in [1.54, 1.807) is 0 Å². The van der Waals surface area contributed by atoms with Gasteiger partial charge in [0.05, 0.1) is 31.3 Å². The van der Waals surface area contributed by atoms with Gasteiger partial charge in [-0.2, -0.15) is 0 Å². The van der Waals surface area contributed by atoms with Crippen LogP contribution in [0, 0.1) is 0 Å². The van der Waals surface area contributed by atoms with Crippen molar-refractivity contribution in [2.45, 2.75) is 63.5 Å². The standard InChI is InChI=1S/C15H24N6O3/c1-10-8-20(9-15(24-10)5-6-23-11(15)2)14(22)16-7-13-17-18-19-21(13)12-3-4-12/h10-12H,3-9H2,1-2H3,(H,16,22). The number of urea groups is 1. The Balaban J connectivity index is 1.39. The van der Waals surface area contributed by atoms with Crippen molar-refractivity contribution in [2.24, 2.45) is 0 Å². The quantitative estimate of drug-likeness (QED) is 0.863. The normalized spacial score (nSPS) is 33.2. The van der Waals surface area contributed by atoms with Gasteiger partial charge >= 0.3 is 6.03 Å². The van der Waals surface area contributed by atoms with E-state index in [1.807, 2.05) is 23.4 Å². The van der Waals surface area contributed by atoms with Crippen LogP contribution in [-0.4, -0.2) is 68.6 Å². The summed E-state index contributed by atoms with van der Waals surface area (Å²) in [6.45, 7) is 6.17. The van der Waals surface area contributed by atoms with Crippen LogP contribution in [0.5, 0.6) is 0 Å². The summed E-state index contributed by atoms with van der Waals surface area (Å²) in [6, 6.07) is 0.295. The second-order valence-corrected chi connectivity index (χ2v) is 7.07. The molecule has 4 rings (SSSR count). The molecule has 24 heavy (non-hydrogen) atoms. The van der Waals surface area contributed by atoms with Crippen LogP contribution in [0.3, 0.4) is 0 Å². The fourth-order valence-corrected chi connectivity index (χ4v) is 3.65. The Morgan fingerprint density at radius 1 is 1.42 bits per heavy atom. The van der Waals surface area contributed by atoms with E-state index in [1.165, 1.54) is 0 Å². The Kier molecular flexibility index (Phi) is 3.92. The first kappa shape index (κ1) is 15.8. The predicted molar refractivity (Wildman–Crippen MR) is 83.2 cm³/mol. The topological polar surface area (TPSA) is 94.4 Å². The highest BCUT2D eigenvalue weighted by Crippen LogP contribution is 2.35. The zero-order valence-electron chi connectivity index (χ0n) is 14.1. The molecule has 3 heterocycles. The zero-order valence-corrected chi connectivity index (χ0v) is 14.1. The molecule has 9 heteroatoms. The SMILES string of the molecule is CC1CN(C(=O)NCc2nnnn2C2CC2)CC2(CCOC2C)O1. The number of carbonyl (C=O) groups excluding carboxylic acids is 1. The van der Waals surface area contributed by atoms with Gasteiger partial charge in [0.15, 0.2) is 5.82 Å². The minimum atomic E-state index is -0.384. The lowest BCUT2D eigenvalue weighted by molar-refractivity contribution is -0.159. The molecule has 1 N–H and O–H groups in total. The molecule has 0 bridgehead atoms. The predicted octanol–water partition coefficient (Wildman–Crippen LogP) is 0.486. The zero-order chi connectivity index (χ0) is 16.7. The van der Waals surface area contributed by atoms with E-state index < -0.39 is 0 Å². The average Bonchev–Trinajstić information content (AvgIpc) is 3.20. The first-order chi connectivity index (χ1) is 11.6. The van der Waals surface area contributed by atoms with Gasteiger partial charge in [0, 0.05) is 19.6 Å². The highest BCUT2D eigenvalue weighted by Gasteiger charge is 2.48. The van der Waals surface area contributed by atoms with E-state index in [-0.39, 0.29) is 23.8 Å². The molecule has 0 radical (unpaired) electrons. The van der Waals surface area contributed by atoms with Crippen molar-refractivity contribution in [2.75, 3.05) is 19.7 Å². The molecule has 1 aromatic heterocycles. The van der Waals surface area contributed by atoms with Crippen LogP contribution in [0.15, 0.2) is 0 Å². The fraction of sp³-hybridized carbons (Fsp3) is 0.867. The highest BCUT2D eigenvalue weighted by atomic mass is 16.6. The van der Waals surface area contributed by atoms with Crippen molar-refractivity contribution in [3.05, 3.63) is 5.82 Å². The van der Waals surface area contributed by atoms with Gasteiger partial charge in [0.25, 0.3) is 0 Å². The van der Waals surface area contributed by atoms with Crippen LogP contribution in [0.4, 0.5) is 4.79 Å². The van der Waals surface area contributed by atoms with Crippen LogP contribution in [0.25, 0.3) is 0 Å². The van der Waals surface area contributed by atoms with Gasteiger partial charge < -0.3 is 19.7 Å². The number of nitrogens with zero attached hydrogens (tertiary/aromatic N) is 5. The number of hydrogen-bond acceptors (Lipinski definition) is 6. The molecule has 1 spiro atoms. The molecule has 2 amide bonds. The third-order valence-electron chi connectivity index (χ3n) is 5.14. The van der Waals surface area contributed by atoms with E-state index in [4.69, 9.17) is 9.47 Å². The van der Waals surface area contributed by atoms with Gasteiger partial charge in [0.2, 0.25) is 0 Å². The number of hydrogen-bond donors (Lipinski definition) is 1. The number of rotatable bonds is 3. The van der Waals surface area contributed by atoms with Gasteiger partial charge in [-0.25, -0.2) is 9.48 Å². The molecule has 1 saturated carbocycles. The maximum absolute atomic E-state index is 12.6. The summed E-state index contributed by atoms with van der Waals surface area (Å²) in [7, 11) is 0. The molecule has 0 aromatic carbocycles. The lowest BCUT2D eigenvalue weighted by Crippen LogP contribution is -2.60. The lowest BCUT2D eigenvalue weighted by atomic mass is 9.93. The lowest BCUT2D eigenvalue weighted by Gasteiger charge is -2.44. The van der Waals surface area contributed by atoms with E-state index in [0.29, 0.717) is 38.1 Å². The molecular formula is C15H24N6O3. The minimum Gasteiger partial charge on any atom is -0.375 e. The number of ether oxygens (including phenoxy) is 2. The van der Waals surface area contributed by atoms with E-state index in [0.717, 1.165) is 19.3 Å². The van der Waals surface area contributed by atoms with Crippen LogP contribution in [-0.2, 0) is 16.0 Å². The molecule has 9 nitrogen and oxygen atoms in total. The first-order valence-corrected chi connectivity index (χ1v) is 8.66. The second-order valence-electron chi connectivity index (χ2n) is 7.07. The van der Waals surface area contributed by atoms with Crippen LogP contribution in [0.1, 0.15) is 45.0 Å². The monoisotopic (exact) mass is 336 g/mol. The van der Waals surface area contributed by atoms with Crippen molar-refractivity contribution >= 4 is 6.03 Å². The maximum Gasteiger partial charge on any atom is 0.317 e. The number of tetrazole rings is 1. The molecule has 3 atom stereocenters. The Morgan fingerprint density at radius 3 is 2.96 bits per heavy atom. The molecule has 3 aliphatic rings. The van der Waals surface area contributed by atoms with Crippen molar-refractivity contribution in [3.8, 4) is 0 Å².